The van der Waals surface area contributed by atoms with Crippen molar-refractivity contribution in [1.82, 2.24) is 14.9 Å². The largest absolute Gasteiger partial charge is 0.340 e. The number of halogens is 1. The highest BCUT2D eigenvalue weighted by molar-refractivity contribution is 7.89. The molecule has 1 aromatic carbocycles. The summed E-state index contributed by atoms with van der Waals surface area (Å²) in [5, 5.41) is 3.89. The van der Waals surface area contributed by atoms with E-state index >= 15 is 0 Å². The van der Waals surface area contributed by atoms with Gasteiger partial charge in [-0.15, -0.1) is 0 Å². The van der Waals surface area contributed by atoms with E-state index in [0.717, 1.165) is 18.9 Å². The summed E-state index contributed by atoms with van der Waals surface area (Å²) in [6.07, 6.45) is 2.88. The third-order valence-corrected chi connectivity index (χ3v) is 5.73. The number of rotatable bonds is 4. The molecule has 0 unspecified atom stereocenters. The van der Waals surface area contributed by atoms with Gasteiger partial charge in [-0.25, -0.2) is 12.8 Å². The molecule has 0 amide bonds. The van der Waals surface area contributed by atoms with Crippen molar-refractivity contribution in [2.24, 2.45) is 0 Å². The second-order valence-electron chi connectivity index (χ2n) is 5.94. The van der Waals surface area contributed by atoms with Crippen molar-refractivity contribution in [2.45, 2.75) is 50.0 Å². The normalized spacial score (nSPS) is 17.5. The molecular formula is C15H18FN3O3S. The van der Waals surface area contributed by atoms with E-state index in [1.807, 2.05) is 0 Å². The van der Waals surface area contributed by atoms with Gasteiger partial charge in [-0.3, -0.25) is 0 Å². The third kappa shape index (κ3) is 3.00. The van der Waals surface area contributed by atoms with Crippen LogP contribution in [0.25, 0.3) is 0 Å². The lowest BCUT2D eigenvalue weighted by Crippen LogP contribution is -2.44. The zero-order valence-corrected chi connectivity index (χ0v) is 13.8. The van der Waals surface area contributed by atoms with Gasteiger partial charge in [0.05, 0.1) is 10.4 Å². The Morgan fingerprint density at radius 3 is 2.52 bits per heavy atom. The Morgan fingerprint density at radius 2 is 1.96 bits per heavy atom. The second-order valence-corrected chi connectivity index (χ2v) is 7.63. The van der Waals surface area contributed by atoms with Crippen LogP contribution in [-0.4, -0.2) is 18.6 Å². The number of sulfonamides is 1. The molecule has 0 saturated heterocycles. The van der Waals surface area contributed by atoms with Crippen LogP contribution < -0.4 is 4.72 Å². The first-order valence-electron chi connectivity index (χ1n) is 7.43. The first-order chi connectivity index (χ1) is 10.8. The second kappa shape index (κ2) is 5.68. The molecular weight excluding hydrogens is 321 g/mol. The average Bonchev–Trinajstić information content (AvgIpc) is 3.11. The fraction of sp³-hybridized carbons (Fsp3) is 0.467. The van der Waals surface area contributed by atoms with Crippen LogP contribution in [0, 0.1) is 19.7 Å². The number of hydrogen-bond acceptors (Lipinski definition) is 5. The summed E-state index contributed by atoms with van der Waals surface area (Å²) >= 11 is 0. The molecule has 1 heterocycles. The molecule has 1 saturated carbocycles. The molecule has 1 N–H and O–H groups in total. The minimum atomic E-state index is -3.89. The molecule has 3 rings (SSSR count). The van der Waals surface area contributed by atoms with E-state index in [9.17, 15) is 12.8 Å². The monoisotopic (exact) mass is 339 g/mol. The Bertz CT molecular complexity index is 826. The van der Waals surface area contributed by atoms with Crippen LogP contribution in [0.4, 0.5) is 4.39 Å². The molecule has 124 valence electrons. The Hall–Kier alpha value is -1.80. The van der Waals surface area contributed by atoms with Crippen LogP contribution in [-0.2, 0) is 15.6 Å². The fourth-order valence-electron chi connectivity index (χ4n) is 2.90. The molecule has 23 heavy (non-hydrogen) atoms. The van der Waals surface area contributed by atoms with E-state index in [0.29, 0.717) is 30.1 Å². The first-order valence-corrected chi connectivity index (χ1v) is 8.92. The Labute approximate surface area is 134 Å². The quantitative estimate of drug-likeness (QED) is 0.925. The standard InChI is InChI=1S/C15H18FN3O3S/c1-10-5-6-12(9-13(10)16)23(20,21)19-15(7-3-4-8-15)14-17-11(2)22-18-14/h5-6,9,19H,3-4,7-8H2,1-2H3. The molecule has 2 aromatic rings. The van der Waals surface area contributed by atoms with Gasteiger partial charge in [0.2, 0.25) is 15.9 Å². The van der Waals surface area contributed by atoms with Crippen molar-refractivity contribution in [3.63, 3.8) is 0 Å². The number of hydrogen-bond donors (Lipinski definition) is 1. The predicted molar refractivity (Wildman–Crippen MR) is 80.6 cm³/mol. The van der Waals surface area contributed by atoms with Crippen molar-refractivity contribution >= 4 is 10.0 Å². The van der Waals surface area contributed by atoms with Gasteiger partial charge in [-0.1, -0.05) is 24.1 Å². The first kappa shape index (κ1) is 16.1. The van der Waals surface area contributed by atoms with Crippen LogP contribution in [0.2, 0.25) is 0 Å². The summed E-state index contributed by atoms with van der Waals surface area (Å²) in [4.78, 5) is 4.09. The Balaban J connectivity index is 1.98. The topological polar surface area (TPSA) is 85.1 Å². The maximum atomic E-state index is 13.7. The number of nitrogens with zero attached hydrogens (tertiary/aromatic N) is 2. The molecule has 8 heteroatoms. The SMILES string of the molecule is Cc1nc(C2(NS(=O)(=O)c3ccc(C)c(F)c3)CCCC2)no1. The van der Waals surface area contributed by atoms with Crippen LogP contribution in [0.3, 0.4) is 0 Å². The van der Waals surface area contributed by atoms with Crippen molar-refractivity contribution < 1.29 is 17.3 Å². The molecule has 6 nitrogen and oxygen atoms in total. The van der Waals surface area contributed by atoms with Gasteiger partial charge in [-0.05, 0) is 37.5 Å². The van der Waals surface area contributed by atoms with E-state index in [4.69, 9.17) is 4.52 Å². The van der Waals surface area contributed by atoms with Crippen LogP contribution in [0.15, 0.2) is 27.6 Å². The molecule has 0 radical (unpaired) electrons. The maximum absolute atomic E-state index is 13.7. The average molecular weight is 339 g/mol. The summed E-state index contributed by atoms with van der Waals surface area (Å²) < 4.78 is 46.7. The van der Waals surface area contributed by atoms with Crippen molar-refractivity contribution in [3.05, 3.63) is 41.3 Å². The maximum Gasteiger partial charge on any atom is 0.241 e. The molecule has 1 fully saturated rings. The molecule has 1 aliphatic rings. The van der Waals surface area contributed by atoms with Crippen LogP contribution in [0.1, 0.15) is 43.0 Å². The smallest absolute Gasteiger partial charge is 0.241 e. The number of aromatic nitrogens is 2. The van der Waals surface area contributed by atoms with Gasteiger partial charge < -0.3 is 4.52 Å². The van der Waals surface area contributed by atoms with Gasteiger partial charge in [0, 0.05) is 6.92 Å². The lowest BCUT2D eigenvalue weighted by molar-refractivity contribution is 0.338. The summed E-state index contributed by atoms with van der Waals surface area (Å²) in [6, 6.07) is 3.87. The van der Waals surface area contributed by atoms with Gasteiger partial charge >= 0.3 is 0 Å². The zero-order valence-electron chi connectivity index (χ0n) is 13.0. The van der Waals surface area contributed by atoms with E-state index < -0.39 is 21.4 Å². The fourth-order valence-corrected chi connectivity index (χ4v) is 4.33. The predicted octanol–water partition coefficient (Wildman–Crippen LogP) is 2.57. The van der Waals surface area contributed by atoms with Crippen LogP contribution >= 0.6 is 0 Å². The number of nitrogens with one attached hydrogen (secondary N) is 1. The summed E-state index contributed by atoms with van der Waals surface area (Å²) in [7, 11) is -3.89. The van der Waals surface area contributed by atoms with Crippen molar-refractivity contribution in [3.8, 4) is 0 Å². The van der Waals surface area contributed by atoms with Gasteiger partial charge in [0.25, 0.3) is 0 Å². The van der Waals surface area contributed by atoms with Gasteiger partial charge in [0.15, 0.2) is 5.82 Å². The van der Waals surface area contributed by atoms with Crippen molar-refractivity contribution in [2.75, 3.05) is 0 Å². The summed E-state index contributed by atoms with van der Waals surface area (Å²) in [5.74, 6) is 0.166. The molecule has 0 atom stereocenters. The number of aryl methyl sites for hydroxylation is 2. The van der Waals surface area contributed by atoms with Crippen molar-refractivity contribution in [1.29, 1.82) is 0 Å². The lowest BCUT2D eigenvalue weighted by atomic mass is 9.99. The molecule has 1 aromatic heterocycles. The minimum Gasteiger partial charge on any atom is -0.340 e. The molecule has 0 aliphatic heterocycles. The molecule has 1 aliphatic carbocycles. The Morgan fingerprint density at radius 1 is 1.26 bits per heavy atom. The highest BCUT2D eigenvalue weighted by atomic mass is 32.2. The third-order valence-electron chi connectivity index (χ3n) is 4.20. The minimum absolute atomic E-state index is 0.105. The lowest BCUT2D eigenvalue weighted by Gasteiger charge is -2.26. The van der Waals surface area contributed by atoms with Crippen LogP contribution in [0.5, 0.6) is 0 Å². The van der Waals surface area contributed by atoms with E-state index in [2.05, 4.69) is 14.9 Å². The number of benzene rings is 1. The molecule has 0 bridgehead atoms. The zero-order chi connectivity index (χ0) is 16.7. The van der Waals surface area contributed by atoms with E-state index in [1.165, 1.54) is 12.1 Å². The Kier molecular flexibility index (Phi) is 3.97. The highest BCUT2D eigenvalue weighted by Gasteiger charge is 2.43. The van der Waals surface area contributed by atoms with E-state index in [1.54, 1.807) is 13.8 Å². The van der Waals surface area contributed by atoms with Gasteiger partial charge in [-0.2, -0.15) is 9.71 Å². The summed E-state index contributed by atoms with van der Waals surface area (Å²) in [5.41, 5.74) is -0.494. The van der Waals surface area contributed by atoms with Gasteiger partial charge in [0.1, 0.15) is 5.82 Å². The summed E-state index contributed by atoms with van der Waals surface area (Å²) in [6.45, 7) is 3.24. The van der Waals surface area contributed by atoms with E-state index in [-0.39, 0.29) is 4.90 Å². The molecule has 0 spiro atoms. The highest BCUT2D eigenvalue weighted by Crippen LogP contribution is 2.38.